The van der Waals surface area contributed by atoms with Gasteiger partial charge in [0, 0.05) is 5.38 Å². The van der Waals surface area contributed by atoms with Crippen molar-refractivity contribution in [2.24, 2.45) is 5.10 Å². The Balaban J connectivity index is 1.37. The molecule has 0 unspecified atom stereocenters. The van der Waals surface area contributed by atoms with Gasteiger partial charge in [0.15, 0.2) is 0 Å². The zero-order chi connectivity index (χ0) is 21.7. The maximum atomic E-state index is 11.5. The number of aromatic nitrogens is 1. The topological polar surface area (TPSA) is 76.1 Å². The van der Waals surface area contributed by atoms with Crippen LogP contribution in [-0.4, -0.2) is 54.9 Å². The lowest BCUT2D eigenvalue weighted by molar-refractivity contribution is -0.142. The van der Waals surface area contributed by atoms with E-state index in [2.05, 4.69) is 20.4 Å². The first-order valence-corrected chi connectivity index (χ1v) is 11.9. The van der Waals surface area contributed by atoms with E-state index in [9.17, 15) is 4.79 Å². The van der Waals surface area contributed by atoms with E-state index in [1.165, 1.54) is 56.7 Å². The van der Waals surface area contributed by atoms with Gasteiger partial charge in [-0.25, -0.2) is 4.98 Å². The van der Waals surface area contributed by atoms with Crippen LogP contribution in [-0.2, 0) is 16.0 Å². The Bertz CT molecular complexity index is 834. The fraction of sp³-hybridized carbons (Fsp3) is 0.522. The molecule has 2 heterocycles. The predicted molar refractivity (Wildman–Crippen MR) is 125 cm³/mol. The first-order valence-electron chi connectivity index (χ1n) is 11.1. The summed E-state index contributed by atoms with van der Waals surface area (Å²) < 4.78 is 10.8. The summed E-state index contributed by atoms with van der Waals surface area (Å²) >= 11 is 1.40. The zero-order valence-corrected chi connectivity index (χ0v) is 19.0. The molecule has 0 amide bonds. The van der Waals surface area contributed by atoms with E-state index in [1.54, 1.807) is 13.1 Å². The van der Waals surface area contributed by atoms with Crippen molar-refractivity contribution in [3.63, 3.8) is 0 Å². The molecular weight excluding hydrogens is 412 g/mol. The fourth-order valence-corrected chi connectivity index (χ4v) is 4.12. The van der Waals surface area contributed by atoms with Crippen LogP contribution >= 0.6 is 11.3 Å². The van der Waals surface area contributed by atoms with Crippen LogP contribution < -0.4 is 10.2 Å². The molecule has 1 fully saturated rings. The highest BCUT2D eigenvalue weighted by Crippen LogP contribution is 2.17. The number of piperidine rings is 1. The van der Waals surface area contributed by atoms with E-state index in [4.69, 9.17) is 9.47 Å². The number of hydrazone groups is 1. The number of benzene rings is 1. The lowest BCUT2D eigenvalue weighted by atomic mass is 10.1. The first kappa shape index (κ1) is 23.2. The third kappa shape index (κ3) is 8.67. The predicted octanol–water partition coefficient (Wildman–Crippen LogP) is 4.34. The number of likely N-dealkylation sites (tertiary alicyclic amines) is 1. The smallest absolute Gasteiger partial charge is 0.311 e. The Morgan fingerprint density at radius 1 is 1.29 bits per heavy atom. The molecule has 2 aromatic rings. The van der Waals surface area contributed by atoms with E-state index in [-0.39, 0.29) is 12.4 Å². The summed E-state index contributed by atoms with van der Waals surface area (Å²) in [5, 5.41) is 6.70. The molecule has 0 bridgehead atoms. The fourth-order valence-electron chi connectivity index (χ4n) is 3.46. The Labute approximate surface area is 188 Å². The average Bonchev–Trinajstić information content (AvgIpc) is 3.22. The number of ether oxygens (including phenoxy) is 2. The molecule has 1 aliphatic rings. The molecule has 7 nitrogen and oxygen atoms in total. The first-order chi connectivity index (χ1) is 15.2. The molecule has 1 aliphatic heterocycles. The van der Waals surface area contributed by atoms with Crippen molar-refractivity contribution in [2.45, 2.75) is 45.4 Å². The van der Waals surface area contributed by atoms with Gasteiger partial charge >= 0.3 is 5.97 Å². The Morgan fingerprint density at radius 3 is 3.00 bits per heavy atom. The quantitative estimate of drug-likeness (QED) is 0.227. The maximum Gasteiger partial charge on any atom is 0.311 e. The van der Waals surface area contributed by atoms with E-state index in [0.717, 1.165) is 24.3 Å². The Morgan fingerprint density at radius 2 is 2.16 bits per heavy atom. The number of rotatable bonds is 12. The third-order valence-corrected chi connectivity index (χ3v) is 5.80. The number of unbranched alkanes of at least 4 members (excludes halogenated alkanes) is 1. The van der Waals surface area contributed by atoms with Crippen LogP contribution in [0, 0.1) is 0 Å². The monoisotopic (exact) mass is 444 g/mol. The molecule has 0 atom stereocenters. The second kappa shape index (κ2) is 13.1. The van der Waals surface area contributed by atoms with Gasteiger partial charge in [0.05, 0.1) is 31.5 Å². The Kier molecular flexibility index (Phi) is 9.79. The molecule has 0 aliphatic carbocycles. The number of carbonyl (C=O) groups excluding carboxylic acids is 1. The summed E-state index contributed by atoms with van der Waals surface area (Å²) in [5.41, 5.74) is 4.53. The third-order valence-electron chi connectivity index (χ3n) is 5.00. The molecule has 1 aromatic carbocycles. The van der Waals surface area contributed by atoms with Gasteiger partial charge in [0.1, 0.15) is 5.75 Å². The van der Waals surface area contributed by atoms with Crippen molar-refractivity contribution in [1.29, 1.82) is 0 Å². The summed E-state index contributed by atoms with van der Waals surface area (Å²) in [7, 11) is 0. The zero-order valence-electron chi connectivity index (χ0n) is 18.2. The normalized spacial score (nSPS) is 14.6. The summed E-state index contributed by atoms with van der Waals surface area (Å²) in [6.07, 6.45) is 8.22. The van der Waals surface area contributed by atoms with Crippen molar-refractivity contribution in [3.05, 3.63) is 40.9 Å². The number of thiazole rings is 1. The van der Waals surface area contributed by atoms with Crippen LogP contribution in [0.25, 0.3) is 0 Å². The molecule has 0 saturated carbocycles. The van der Waals surface area contributed by atoms with Crippen LogP contribution in [0.15, 0.2) is 34.7 Å². The van der Waals surface area contributed by atoms with Crippen LogP contribution in [0.3, 0.4) is 0 Å². The number of hydrogen-bond donors (Lipinski definition) is 1. The molecule has 0 spiro atoms. The van der Waals surface area contributed by atoms with Gasteiger partial charge in [0.25, 0.3) is 0 Å². The molecule has 1 saturated heterocycles. The van der Waals surface area contributed by atoms with E-state index < -0.39 is 0 Å². The highest BCUT2D eigenvalue weighted by molar-refractivity contribution is 7.13. The molecule has 3 rings (SSSR count). The molecule has 31 heavy (non-hydrogen) atoms. The average molecular weight is 445 g/mol. The number of nitrogens with zero attached hydrogens (tertiary/aromatic N) is 3. The number of nitrogens with one attached hydrogen (secondary N) is 1. The standard InChI is InChI=1S/C23H32N4O3S/c1-2-29-22(28)16-20-18-31-23(25-20)26-24-17-19-9-8-10-21(15-19)30-14-7-6-13-27-11-4-3-5-12-27/h8-10,15,17-18H,2-7,11-14,16H2,1H3,(H,25,26). The second-order valence-electron chi connectivity index (χ2n) is 7.53. The largest absolute Gasteiger partial charge is 0.494 e. The van der Waals surface area contributed by atoms with Gasteiger partial charge in [-0.3, -0.25) is 10.2 Å². The summed E-state index contributed by atoms with van der Waals surface area (Å²) in [6, 6.07) is 7.88. The summed E-state index contributed by atoms with van der Waals surface area (Å²) in [5.74, 6) is 0.582. The number of anilines is 1. The molecule has 0 radical (unpaired) electrons. The molecule has 8 heteroatoms. The molecule has 1 N–H and O–H groups in total. The summed E-state index contributed by atoms with van der Waals surface area (Å²) in [6.45, 7) is 6.58. The number of carbonyl (C=O) groups is 1. The molecule has 168 valence electrons. The van der Waals surface area contributed by atoms with Crippen molar-refractivity contribution < 1.29 is 14.3 Å². The minimum Gasteiger partial charge on any atom is -0.494 e. The van der Waals surface area contributed by atoms with Crippen LogP contribution in [0.4, 0.5) is 5.13 Å². The van der Waals surface area contributed by atoms with Crippen molar-refractivity contribution in [2.75, 3.05) is 38.3 Å². The van der Waals surface area contributed by atoms with Gasteiger partial charge in [0.2, 0.25) is 5.13 Å². The van der Waals surface area contributed by atoms with Crippen molar-refractivity contribution in [3.8, 4) is 5.75 Å². The lowest BCUT2D eigenvalue weighted by Gasteiger charge is -2.26. The minimum absolute atomic E-state index is 0.174. The van der Waals surface area contributed by atoms with Gasteiger partial charge < -0.3 is 14.4 Å². The van der Waals surface area contributed by atoms with Crippen LogP contribution in [0.5, 0.6) is 5.75 Å². The van der Waals surface area contributed by atoms with E-state index in [1.807, 2.05) is 29.6 Å². The Hall–Kier alpha value is -2.45. The lowest BCUT2D eigenvalue weighted by Crippen LogP contribution is -2.30. The van der Waals surface area contributed by atoms with Crippen molar-refractivity contribution in [1.82, 2.24) is 9.88 Å². The second-order valence-corrected chi connectivity index (χ2v) is 8.38. The maximum absolute atomic E-state index is 11.5. The van der Waals surface area contributed by atoms with E-state index in [0.29, 0.717) is 17.4 Å². The van der Waals surface area contributed by atoms with Gasteiger partial charge in [-0.2, -0.15) is 5.10 Å². The molecule has 1 aromatic heterocycles. The summed E-state index contributed by atoms with van der Waals surface area (Å²) in [4.78, 5) is 18.4. The van der Waals surface area contributed by atoms with E-state index >= 15 is 0 Å². The van der Waals surface area contributed by atoms with Crippen LogP contribution in [0.2, 0.25) is 0 Å². The van der Waals surface area contributed by atoms with Crippen molar-refractivity contribution >= 4 is 28.7 Å². The number of hydrogen-bond acceptors (Lipinski definition) is 8. The highest BCUT2D eigenvalue weighted by Gasteiger charge is 2.09. The van der Waals surface area contributed by atoms with Gasteiger partial charge in [-0.1, -0.05) is 18.6 Å². The SMILES string of the molecule is CCOC(=O)Cc1csc(NN=Cc2cccc(OCCCCN3CCCCC3)c2)n1. The van der Waals surface area contributed by atoms with Gasteiger partial charge in [-0.05, 0) is 69.9 Å². The highest BCUT2D eigenvalue weighted by atomic mass is 32.1. The van der Waals surface area contributed by atoms with Gasteiger partial charge in [-0.15, -0.1) is 11.3 Å². The molecular formula is C23H32N4O3S. The van der Waals surface area contributed by atoms with Crippen LogP contribution in [0.1, 0.15) is 50.3 Å². The number of esters is 1. The minimum atomic E-state index is -0.272.